The molecule has 2 heterocycles. The zero-order valence-corrected chi connectivity index (χ0v) is 31.8. The summed E-state index contributed by atoms with van der Waals surface area (Å²) < 4.78 is 6.08. The maximum Gasteiger partial charge on any atom is 0.335 e. The number of ether oxygens (including phenoxy) is 1. The molecule has 0 bridgehead atoms. The quantitative estimate of drug-likeness (QED) is 0.118. The topological polar surface area (TPSA) is 217 Å². The van der Waals surface area contributed by atoms with Gasteiger partial charge in [0.15, 0.2) is 0 Å². The summed E-state index contributed by atoms with van der Waals surface area (Å²) in [5.41, 5.74) is 5.84. The average Bonchev–Trinajstić information content (AvgIpc) is 3.84. The first-order valence-electron chi connectivity index (χ1n) is 19.2. The van der Waals surface area contributed by atoms with Crippen LogP contribution in [0.2, 0.25) is 0 Å². The number of aromatic carboxylic acids is 1. The van der Waals surface area contributed by atoms with Gasteiger partial charge in [-0.3, -0.25) is 24.1 Å². The SMILES string of the molecule is CC(=O)N(C(=O)[C@@H](N)Cc1ccccc1)[C@@](Cc1cnc[nH]1)(C(=O)NC(CC1CCCCC1)C(O)CC(=O)NCC(C)C)C1COc2ccc(C(=O)O)cc21. The molecule has 0 spiro atoms. The number of carbonyl (C=O) groups is 5. The van der Waals surface area contributed by atoms with Crippen LogP contribution in [0.25, 0.3) is 0 Å². The standard InChI is InChI=1S/C41H54N6O8/c1-25(2)21-44-37(50)19-35(49)34(17-28-12-8-5-9-13-28)46-40(54)41(20-30-22-43-24-45-30,32-23-55-36-15-14-29(39(52)53)18-31(32)36)47(26(3)48)38(51)33(42)16-27-10-6-4-7-11-27/h4,6-7,10-11,14-15,18,22,24-25,28,32-35,49H,5,8-9,12-13,16-17,19-21,23,42H2,1-3H3,(H,43,45)(H,44,50)(H,46,54)(H,52,53)/t32?,33-,34?,35?,41+/m0/s1. The van der Waals surface area contributed by atoms with Gasteiger partial charge in [0.1, 0.15) is 11.3 Å². The number of carboxylic acids is 1. The average molecular weight is 759 g/mol. The first kappa shape index (κ1) is 41.1. The molecule has 0 saturated heterocycles. The fourth-order valence-electron chi connectivity index (χ4n) is 7.98. The number of aliphatic hydroxyl groups is 1. The van der Waals surface area contributed by atoms with Crippen molar-refractivity contribution in [2.24, 2.45) is 17.6 Å². The summed E-state index contributed by atoms with van der Waals surface area (Å²) in [5, 5.41) is 27.6. The molecule has 5 rings (SSSR count). The summed E-state index contributed by atoms with van der Waals surface area (Å²) >= 11 is 0. The third-order valence-electron chi connectivity index (χ3n) is 10.8. The first-order valence-corrected chi connectivity index (χ1v) is 19.2. The smallest absolute Gasteiger partial charge is 0.335 e. The number of nitrogens with two attached hydrogens (primary N) is 1. The minimum absolute atomic E-state index is 0.0562. The number of carboxylic acid groups (broad SMARTS) is 1. The van der Waals surface area contributed by atoms with Crippen molar-refractivity contribution in [3.05, 3.63) is 83.4 Å². The predicted octanol–water partition coefficient (Wildman–Crippen LogP) is 3.49. The lowest BCUT2D eigenvalue weighted by Crippen LogP contribution is -2.70. The van der Waals surface area contributed by atoms with Gasteiger partial charge >= 0.3 is 5.97 Å². The molecule has 5 atom stereocenters. The van der Waals surface area contributed by atoms with E-state index in [1.165, 1.54) is 37.6 Å². The number of hydrogen-bond donors (Lipinski definition) is 6. The minimum Gasteiger partial charge on any atom is -0.493 e. The Labute approximate surface area is 321 Å². The molecule has 1 saturated carbocycles. The lowest BCUT2D eigenvalue weighted by Gasteiger charge is -2.46. The van der Waals surface area contributed by atoms with Crippen molar-refractivity contribution in [2.45, 2.75) is 108 Å². The number of aliphatic hydroxyl groups excluding tert-OH is 1. The van der Waals surface area contributed by atoms with Gasteiger partial charge in [-0.05, 0) is 48.4 Å². The second-order valence-corrected chi connectivity index (χ2v) is 15.4. The summed E-state index contributed by atoms with van der Waals surface area (Å²) in [4.78, 5) is 77.7. The van der Waals surface area contributed by atoms with E-state index in [1.807, 2.05) is 19.9 Å². The summed E-state index contributed by atoms with van der Waals surface area (Å²) in [7, 11) is 0. The highest BCUT2D eigenvalue weighted by atomic mass is 16.5. The zero-order chi connectivity index (χ0) is 39.7. The Hall–Kier alpha value is -5.08. The molecule has 1 aliphatic heterocycles. The molecule has 3 unspecified atom stereocenters. The van der Waals surface area contributed by atoms with Crippen LogP contribution in [0.15, 0.2) is 61.1 Å². The first-order chi connectivity index (χ1) is 26.3. The van der Waals surface area contributed by atoms with E-state index in [-0.39, 0.29) is 49.2 Å². The molecule has 296 valence electrons. The molecular weight excluding hydrogens is 704 g/mol. The Morgan fingerprint density at radius 1 is 1.07 bits per heavy atom. The van der Waals surface area contributed by atoms with Crippen molar-refractivity contribution < 1.29 is 38.9 Å². The van der Waals surface area contributed by atoms with Crippen molar-refractivity contribution in [1.82, 2.24) is 25.5 Å². The Balaban J connectivity index is 1.65. The Bertz CT molecular complexity index is 1790. The number of nitrogens with one attached hydrogen (secondary N) is 3. The van der Waals surface area contributed by atoms with E-state index in [0.717, 1.165) is 42.6 Å². The van der Waals surface area contributed by atoms with E-state index in [2.05, 4.69) is 20.6 Å². The van der Waals surface area contributed by atoms with Crippen LogP contribution >= 0.6 is 0 Å². The molecule has 14 heteroatoms. The normalized spacial score (nSPS) is 18.3. The fraction of sp³-hybridized carbons (Fsp3) is 0.512. The third kappa shape index (κ3) is 9.97. The Kier molecular flexibility index (Phi) is 13.8. The number of nitrogens with zero attached hydrogens (tertiary/aromatic N) is 2. The van der Waals surface area contributed by atoms with Gasteiger partial charge in [-0.15, -0.1) is 0 Å². The van der Waals surface area contributed by atoms with Crippen molar-refractivity contribution >= 4 is 29.6 Å². The highest BCUT2D eigenvalue weighted by molar-refractivity contribution is 6.05. The lowest BCUT2D eigenvalue weighted by atomic mass is 9.73. The molecule has 55 heavy (non-hydrogen) atoms. The highest BCUT2D eigenvalue weighted by Gasteiger charge is 2.58. The summed E-state index contributed by atoms with van der Waals surface area (Å²) in [6.07, 6.45) is 6.25. The minimum atomic E-state index is -2.13. The van der Waals surface area contributed by atoms with Crippen molar-refractivity contribution in [1.29, 1.82) is 0 Å². The van der Waals surface area contributed by atoms with Gasteiger partial charge in [0.05, 0.1) is 49.0 Å². The number of rotatable bonds is 17. The highest BCUT2D eigenvalue weighted by Crippen LogP contribution is 2.46. The molecule has 2 aliphatic rings. The van der Waals surface area contributed by atoms with Gasteiger partial charge in [0, 0.05) is 37.3 Å². The van der Waals surface area contributed by atoms with Gasteiger partial charge in [0.25, 0.3) is 0 Å². The van der Waals surface area contributed by atoms with Crippen molar-refractivity contribution in [3.63, 3.8) is 0 Å². The van der Waals surface area contributed by atoms with Crippen LogP contribution in [0.1, 0.15) is 98.8 Å². The number of aromatic nitrogens is 2. The van der Waals surface area contributed by atoms with Gasteiger partial charge in [-0.1, -0.05) is 76.3 Å². The molecule has 4 amide bonds. The monoisotopic (exact) mass is 758 g/mol. The van der Waals surface area contributed by atoms with Crippen LogP contribution in [0.3, 0.4) is 0 Å². The number of fused-ring (bicyclic) bond motifs is 1. The molecule has 1 aliphatic carbocycles. The number of aromatic amines is 1. The number of amides is 4. The summed E-state index contributed by atoms with van der Waals surface area (Å²) in [6, 6.07) is 11.1. The van der Waals surface area contributed by atoms with E-state index >= 15 is 4.79 Å². The van der Waals surface area contributed by atoms with Crippen molar-refractivity contribution in [2.75, 3.05) is 13.2 Å². The molecule has 7 N–H and O–H groups in total. The molecule has 2 aromatic carbocycles. The second-order valence-electron chi connectivity index (χ2n) is 15.4. The molecule has 0 radical (unpaired) electrons. The van der Waals surface area contributed by atoms with Gasteiger partial charge in [-0.2, -0.15) is 0 Å². The second kappa shape index (κ2) is 18.5. The number of hydrogen-bond acceptors (Lipinski definition) is 9. The largest absolute Gasteiger partial charge is 0.493 e. The Morgan fingerprint density at radius 2 is 1.80 bits per heavy atom. The van der Waals surface area contributed by atoms with Crippen LogP contribution in [0, 0.1) is 11.8 Å². The fourth-order valence-corrected chi connectivity index (χ4v) is 7.98. The molecule has 1 fully saturated rings. The van der Waals surface area contributed by atoms with Crippen LogP contribution < -0.4 is 21.1 Å². The van der Waals surface area contributed by atoms with Gasteiger partial charge < -0.3 is 36.3 Å². The maximum absolute atomic E-state index is 15.6. The molecular formula is C41H54N6O8. The third-order valence-corrected chi connectivity index (χ3v) is 10.8. The van der Waals surface area contributed by atoms with Gasteiger partial charge in [0.2, 0.25) is 23.6 Å². The van der Waals surface area contributed by atoms with Gasteiger partial charge in [-0.25, -0.2) is 9.78 Å². The van der Waals surface area contributed by atoms with Crippen LogP contribution in [0.4, 0.5) is 0 Å². The number of benzene rings is 2. The Morgan fingerprint density at radius 3 is 2.44 bits per heavy atom. The van der Waals surface area contributed by atoms with E-state index in [9.17, 15) is 29.4 Å². The number of H-pyrrole nitrogens is 1. The lowest BCUT2D eigenvalue weighted by molar-refractivity contribution is -0.161. The molecule has 14 nitrogen and oxygen atoms in total. The molecule has 3 aromatic rings. The number of imide groups is 1. The number of imidazole rings is 1. The van der Waals surface area contributed by atoms with E-state index in [0.29, 0.717) is 30.0 Å². The van der Waals surface area contributed by atoms with E-state index in [4.69, 9.17) is 10.5 Å². The van der Waals surface area contributed by atoms with E-state index < -0.39 is 53.3 Å². The number of carbonyl (C=O) groups excluding carboxylic acids is 4. The maximum atomic E-state index is 15.6. The predicted molar refractivity (Wildman–Crippen MR) is 204 cm³/mol. The summed E-state index contributed by atoms with van der Waals surface area (Å²) in [5.74, 6) is -4.45. The van der Waals surface area contributed by atoms with Crippen molar-refractivity contribution in [3.8, 4) is 5.75 Å². The zero-order valence-electron chi connectivity index (χ0n) is 31.8. The molecule has 1 aromatic heterocycles. The summed E-state index contributed by atoms with van der Waals surface area (Å²) in [6.45, 7) is 5.32. The van der Waals surface area contributed by atoms with Crippen LogP contribution in [-0.2, 0) is 32.0 Å². The van der Waals surface area contributed by atoms with E-state index in [1.54, 1.807) is 24.3 Å². The van der Waals surface area contributed by atoms with Crippen LogP contribution in [-0.4, -0.2) is 91.6 Å². The van der Waals surface area contributed by atoms with Crippen LogP contribution in [0.5, 0.6) is 5.75 Å².